The number of carbonyl (C=O) groups excluding carboxylic acids is 1. The lowest BCUT2D eigenvalue weighted by Crippen LogP contribution is -2.10. The molecule has 0 aliphatic rings. The minimum atomic E-state index is -0.442. The average molecular weight is 223 g/mol. The summed E-state index contributed by atoms with van der Waals surface area (Å²) in [6.45, 7) is 3.07. The molecule has 0 bridgehead atoms. The fourth-order valence-corrected chi connectivity index (χ4v) is 1.08. The lowest BCUT2D eigenvalue weighted by Gasteiger charge is -1.90. The number of carbonyl (C=O) groups is 1. The van der Waals surface area contributed by atoms with Gasteiger partial charge < -0.3 is 11.5 Å². The number of nitrogens with zero attached hydrogens (tertiary/aromatic N) is 1. The van der Waals surface area contributed by atoms with E-state index in [4.69, 9.17) is 11.5 Å². The SMILES string of the molecule is CCCCCCN.NC(=O)c1cccnc1. The van der Waals surface area contributed by atoms with E-state index in [0.717, 1.165) is 6.54 Å². The molecule has 0 radical (unpaired) electrons. The highest BCUT2D eigenvalue weighted by molar-refractivity contribution is 5.92. The van der Waals surface area contributed by atoms with Crippen LogP contribution in [0.1, 0.15) is 43.0 Å². The number of amides is 1. The van der Waals surface area contributed by atoms with Gasteiger partial charge in [0.05, 0.1) is 5.56 Å². The van der Waals surface area contributed by atoms with Crippen LogP contribution in [-0.2, 0) is 0 Å². The third kappa shape index (κ3) is 7.94. The van der Waals surface area contributed by atoms with E-state index in [1.807, 2.05) is 0 Å². The number of aromatic nitrogens is 1. The van der Waals surface area contributed by atoms with Gasteiger partial charge in [-0.25, -0.2) is 0 Å². The maximum atomic E-state index is 10.4. The Bertz CT molecular complexity index is 271. The molecule has 4 N–H and O–H groups in total. The van der Waals surface area contributed by atoms with Gasteiger partial charge in [0.1, 0.15) is 0 Å². The number of primary amides is 1. The van der Waals surface area contributed by atoms with E-state index >= 15 is 0 Å². The van der Waals surface area contributed by atoms with Gasteiger partial charge >= 0.3 is 0 Å². The van der Waals surface area contributed by atoms with Crippen LogP contribution in [0, 0.1) is 0 Å². The molecule has 0 saturated heterocycles. The van der Waals surface area contributed by atoms with Crippen LogP contribution >= 0.6 is 0 Å². The second-order valence-corrected chi connectivity index (χ2v) is 3.46. The Kier molecular flexibility index (Phi) is 9.21. The first kappa shape index (κ1) is 14.6. The number of hydrogen-bond acceptors (Lipinski definition) is 3. The van der Waals surface area contributed by atoms with Gasteiger partial charge in [-0.1, -0.05) is 26.2 Å². The van der Waals surface area contributed by atoms with Crippen LogP contribution in [0.15, 0.2) is 24.5 Å². The van der Waals surface area contributed by atoms with Crippen molar-refractivity contribution in [2.75, 3.05) is 6.54 Å². The molecule has 0 aliphatic carbocycles. The van der Waals surface area contributed by atoms with E-state index < -0.39 is 5.91 Å². The van der Waals surface area contributed by atoms with Crippen molar-refractivity contribution in [1.29, 1.82) is 0 Å². The highest BCUT2D eigenvalue weighted by Crippen LogP contribution is 1.95. The number of hydrogen-bond donors (Lipinski definition) is 2. The number of rotatable bonds is 5. The van der Waals surface area contributed by atoms with Crippen molar-refractivity contribution in [2.24, 2.45) is 11.5 Å². The summed E-state index contributed by atoms with van der Waals surface area (Å²) < 4.78 is 0. The number of unbranched alkanes of at least 4 members (excludes halogenated alkanes) is 3. The van der Waals surface area contributed by atoms with E-state index in [0.29, 0.717) is 5.56 Å². The molecule has 1 amide bonds. The molecule has 0 unspecified atom stereocenters. The number of nitrogens with two attached hydrogens (primary N) is 2. The van der Waals surface area contributed by atoms with E-state index in [-0.39, 0.29) is 0 Å². The summed E-state index contributed by atoms with van der Waals surface area (Å²) in [6.07, 6.45) is 8.19. The fourth-order valence-electron chi connectivity index (χ4n) is 1.08. The largest absolute Gasteiger partial charge is 0.366 e. The van der Waals surface area contributed by atoms with Crippen LogP contribution in [0.3, 0.4) is 0 Å². The minimum Gasteiger partial charge on any atom is -0.366 e. The van der Waals surface area contributed by atoms with Crippen molar-refractivity contribution >= 4 is 5.91 Å². The van der Waals surface area contributed by atoms with Gasteiger partial charge in [0.25, 0.3) is 0 Å². The maximum Gasteiger partial charge on any atom is 0.250 e. The standard InChI is InChI=1S/C6H6N2O.C6H15N/c7-6(9)5-2-1-3-8-4-5;1-2-3-4-5-6-7/h1-4H,(H2,7,9);2-7H2,1H3. The van der Waals surface area contributed by atoms with E-state index in [9.17, 15) is 4.79 Å². The van der Waals surface area contributed by atoms with Crippen molar-refractivity contribution in [2.45, 2.75) is 32.6 Å². The van der Waals surface area contributed by atoms with Crippen LogP contribution in [0.2, 0.25) is 0 Å². The normalized spacial score (nSPS) is 9.12. The van der Waals surface area contributed by atoms with Gasteiger partial charge in [0.15, 0.2) is 0 Å². The molecular weight excluding hydrogens is 202 g/mol. The predicted octanol–water partition coefficient (Wildman–Crippen LogP) is 1.71. The van der Waals surface area contributed by atoms with Gasteiger partial charge in [0.2, 0.25) is 5.91 Å². The molecule has 90 valence electrons. The van der Waals surface area contributed by atoms with Crippen LogP contribution < -0.4 is 11.5 Å². The van der Waals surface area contributed by atoms with E-state index in [1.54, 1.807) is 18.3 Å². The molecule has 0 aliphatic heterocycles. The molecule has 1 aromatic rings. The molecule has 0 aromatic carbocycles. The minimum absolute atomic E-state index is 0.442. The van der Waals surface area contributed by atoms with Crippen molar-refractivity contribution in [3.05, 3.63) is 30.1 Å². The number of pyridine rings is 1. The average Bonchev–Trinajstić information content (AvgIpc) is 2.32. The zero-order valence-electron chi connectivity index (χ0n) is 9.86. The Labute approximate surface area is 97.1 Å². The maximum absolute atomic E-state index is 10.4. The Morgan fingerprint density at radius 3 is 2.50 bits per heavy atom. The monoisotopic (exact) mass is 223 g/mol. The third-order valence-corrected chi connectivity index (χ3v) is 2.00. The highest BCUT2D eigenvalue weighted by Gasteiger charge is 1.94. The molecule has 1 aromatic heterocycles. The molecule has 0 fully saturated rings. The fraction of sp³-hybridized carbons (Fsp3) is 0.500. The Balaban J connectivity index is 0.000000293. The van der Waals surface area contributed by atoms with Crippen LogP contribution in [0.25, 0.3) is 0 Å². The van der Waals surface area contributed by atoms with Crippen molar-refractivity contribution in [3.8, 4) is 0 Å². The summed E-state index contributed by atoms with van der Waals surface area (Å²) in [5, 5.41) is 0. The molecule has 1 heterocycles. The first-order valence-corrected chi connectivity index (χ1v) is 5.62. The zero-order valence-corrected chi connectivity index (χ0v) is 9.86. The smallest absolute Gasteiger partial charge is 0.250 e. The third-order valence-electron chi connectivity index (χ3n) is 2.00. The predicted molar refractivity (Wildman–Crippen MR) is 66.0 cm³/mol. The molecular formula is C12H21N3O. The zero-order chi connectivity index (χ0) is 12.2. The molecule has 0 spiro atoms. The first-order valence-electron chi connectivity index (χ1n) is 5.62. The Morgan fingerprint density at radius 1 is 1.38 bits per heavy atom. The Hall–Kier alpha value is -1.42. The topological polar surface area (TPSA) is 82.0 Å². The van der Waals surface area contributed by atoms with Gasteiger partial charge in [0, 0.05) is 12.4 Å². The summed E-state index contributed by atoms with van der Waals surface area (Å²) in [6, 6.07) is 3.29. The second-order valence-electron chi connectivity index (χ2n) is 3.46. The second kappa shape index (κ2) is 10.1. The highest BCUT2D eigenvalue weighted by atomic mass is 16.1. The van der Waals surface area contributed by atoms with Gasteiger partial charge in [-0.15, -0.1) is 0 Å². The molecule has 4 heteroatoms. The Morgan fingerprint density at radius 2 is 2.12 bits per heavy atom. The molecule has 16 heavy (non-hydrogen) atoms. The lowest BCUT2D eigenvalue weighted by molar-refractivity contribution is 0.1000. The van der Waals surface area contributed by atoms with Crippen LogP contribution in [0.5, 0.6) is 0 Å². The van der Waals surface area contributed by atoms with Gasteiger partial charge in [-0.2, -0.15) is 0 Å². The summed E-state index contributed by atoms with van der Waals surface area (Å²) in [4.78, 5) is 14.1. The first-order chi connectivity index (χ1) is 7.72. The molecule has 1 rings (SSSR count). The van der Waals surface area contributed by atoms with Crippen molar-refractivity contribution in [3.63, 3.8) is 0 Å². The van der Waals surface area contributed by atoms with Crippen LogP contribution in [-0.4, -0.2) is 17.4 Å². The summed E-state index contributed by atoms with van der Waals surface area (Å²) >= 11 is 0. The van der Waals surface area contributed by atoms with Crippen molar-refractivity contribution in [1.82, 2.24) is 4.98 Å². The van der Waals surface area contributed by atoms with E-state index in [2.05, 4.69) is 11.9 Å². The summed E-state index contributed by atoms with van der Waals surface area (Å²) in [7, 11) is 0. The summed E-state index contributed by atoms with van der Waals surface area (Å²) in [5.41, 5.74) is 10.6. The van der Waals surface area contributed by atoms with Crippen LogP contribution in [0.4, 0.5) is 0 Å². The summed E-state index contributed by atoms with van der Waals surface area (Å²) in [5.74, 6) is -0.442. The van der Waals surface area contributed by atoms with Crippen molar-refractivity contribution < 1.29 is 4.79 Å². The quantitative estimate of drug-likeness (QED) is 0.745. The van der Waals surface area contributed by atoms with E-state index in [1.165, 1.54) is 31.9 Å². The lowest BCUT2D eigenvalue weighted by atomic mass is 10.2. The van der Waals surface area contributed by atoms with Gasteiger partial charge in [-0.05, 0) is 25.1 Å². The van der Waals surface area contributed by atoms with Gasteiger partial charge in [-0.3, -0.25) is 9.78 Å². The molecule has 0 saturated carbocycles. The molecule has 4 nitrogen and oxygen atoms in total. The molecule has 0 atom stereocenters.